The first kappa shape index (κ1) is 13.3. The minimum atomic E-state index is 0.00257. The van der Waals surface area contributed by atoms with Crippen molar-refractivity contribution in [1.82, 2.24) is 10.2 Å². The lowest BCUT2D eigenvalue weighted by molar-refractivity contribution is 0.149. The van der Waals surface area contributed by atoms with Crippen molar-refractivity contribution in [3.05, 3.63) is 0 Å². The van der Waals surface area contributed by atoms with Crippen molar-refractivity contribution in [3.63, 3.8) is 0 Å². The van der Waals surface area contributed by atoms with E-state index >= 15 is 0 Å². The lowest BCUT2D eigenvalue weighted by Gasteiger charge is -2.31. The van der Waals surface area contributed by atoms with Crippen LogP contribution in [0, 0.1) is 5.92 Å². The number of hydrogen-bond acceptors (Lipinski definition) is 3. The van der Waals surface area contributed by atoms with Gasteiger partial charge in [0.2, 0.25) is 0 Å². The van der Waals surface area contributed by atoms with Crippen molar-refractivity contribution in [2.24, 2.45) is 5.92 Å². The van der Waals surface area contributed by atoms with Crippen molar-refractivity contribution in [2.75, 3.05) is 26.7 Å². The molecule has 0 spiro atoms. The van der Waals surface area contributed by atoms with Gasteiger partial charge in [0.15, 0.2) is 0 Å². The quantitative estimate of drug-likeness (QED) is 0.787. The zero-order valence-electron chi connectivity index (χ0n) is 11.4. The van der Waals surface area contributed by atoms with E-state index in [4.69, 9.17) is 0 Å². The molecule has 3 atom stereocenters. The van der Waals surface area contributed by atoms with E-state index in [9.17, 15) is 5.11 Å². The molecule has 1 aliphatic carbocycles. The molecule has 0 aromatic heterocycles. The Kier molecular flexibility index (Phi) is 4.45. The molecule has 0 aromatic carbocycles. The van der Waals surface area contributed by atoms with Crippen LogP contribution < -0.4 is 5.32 Å². The number of hydrogen-bond donors (Lipinski definition) is 2. The third-order valence-electron chi connectivity index (χ3n) is 4.98. The highest BCUT2D eigenvalue weighted by Gasteiger charge is 2.39. The number of aliphatic hydroxyl groups is 1. The highest BCUT2D eigenvalue weighted by atomic mass is 16.3. The highest BCUT2D eigenvalue weighted by molar-refractivity contribution is 4.98. The van der Waals surface area contributed by atoms with Gasteiger partial charge < -0.3 is 15.3 Å². The molecule has 2 fully saturated rings. The van der Waals surface area contributed by atoms with Crippen LogP contribution in [0.2, 0.25) is 0 Å². The fourth-order valence-electron chi connectivity index (χ4n) is 3.51. The van der Waals surface area contributed by atoms with E-state index in [2.05, 4.69) is 17.1 Å². The minimum Gasteiger partial charge on any atom is -0.394 e. The Hall–Kier alpha value is -0.120. The second-order valence-electron chi connectivity index (χ2n) is 6.16. The van der Waals surface area contributed by atoms with Gasteiger partial charge in [0.25, 0.3) is 0 Å². The normalized spacial score (nSPS) is 40.4. The zero-order valence-corrected chi connectivity index (χ0v) is 11.4. The predicted molar refractivity (Wildman–Crippen MR) is 71.1 cm³/mol. The van der Waals surface area contributed by atoms with E-state index in [0.717, 1.165) is 18.8 Å². The van der Waals surface area contributed by atoms with Gasteiger partial charge in [-0.15, -0.1) is 0 Å². The predicted octanol–water partition coefficient (Wildman–Crippen LogP) is 1.61. The molecule has 1 saturated carbocycles. The van der Waals surface area contributed by atoms with Crippen molar-refractivity contribution >= 4 is 0 Å². The van der Waals surface area contributed by atoms with Gasteiger partial charge >= 0.3 is 0 Å². The first-order valence-corrected chi connectivity index (χ1v) is 7.23. The van der Waals surface area contributed by atoms with Gasteiger partial charge in [0, 0.05) is 11.6 Å². The fourth-order valence-corrected chi connectivity index (χ4v) is 3.51. The van der Waals surface area contributed by atoms with Crippen LogP contribution in [0.3, 0.4) is 0 Å². The van der Waals surface area contributed by atoms with E-state index in [1.165, 1.54) is 38.8 Å². The molecule has 2 N–H and O–H groups in total. The highest BCUT2D eigenvalue weighted by Crippen LogP contribution is 2.34. The van der Waals surface area contributed by atoms with E-state index < -0.39 is 0 Å². The molecule has 1 aliphatic heterocycles. The third kappa shape index (κ3) is 3.01. The molecule has 0 amide bonds. The van der Waals surface area contributed by atoms with Crippen molar-refractivity contribution in [3.8, 4) is 0 Å². The molecular weight excluding hydrogens is 212 g/mol. The number of likely N-dealkylation sites (N-methyl/N-ethyl adjacent to an activating group) is 1. The average molecular weight is 240 g/mol. The summed E-state index contributed by atoms with van der Waals surface area (Å²) in [5.74, 6) is 0.897. The maximum Gasteiger partial charge on any atom is 0.0613 e. The Labute approximate surface area is 106 Å². The van der Waals surface area contributed by atoms with Gasteiger partial charge in [-0.1, -0.05) is 6.92 Å². The van der Waals surface area contributed by atoms with Gasteiger partial charge in [0.05, 0.1) is 6.61 Å². The van der Waals surface area contributed by atoms with Gasteiger partial charge in [0.1, 0.15) is 0 Å². The first-order valence-electron chi connectivity index (χ1n) is 7.23. The van der Waals surface area contributed by atoms with E-state index in [1.807, 2.05) is 7.05 Å². The van der Waals surface area contributed by atoms with Crippen molar-refractivity contribution in [2.45, 2.75) is 57.0 Å². The van der Waals surface area contributed by atoms with Gasteiger partial charge in [-0.05, 0) is 64.6 Å². The Morgan fingerprint density at radius 3 is 2.76 bits per heavy atom. The maximum atomic E-state index is 9.55. The molecule has 3 heteroatoms. The molecule has 17 heavy (non-hydrogen) atoms. The van der Waals surface area contributed by atoms with Crippen LogP contribution in [0.5, 0.6) is 0 Å². The summed E-state index contributed by atoms with van der Waals surface area (Å²) < 4.78 is 0. The van der Waals surface area contributed by atoms with Gasteiger partial charge in [-0.3, -0.25) is 0 Å². The molecule has 3 unspecified atom stereocenters. The van der Waals surface area contributed by atoms with E-state index in [-0.39, 0.29) is 12.1 Å². The SMILES string of the molecule is CNC1(CO)CCC(N2CCCC(C)CC2)C1. The van der Waals surface area contributed by atoms with Gasteiger partial charge in [-0.25, -0.2) is 0 Å². The number of rotatable bonds is 3. The maximum absolute atomic E-state index is 9.55. The Morgan fingerprint density at radius 2 is 2.12 bits per heavy atom. The first-order chi connectivity index (χ1) is 8.19. The van der Waals surface area contributed by atoms with Crippen molar-refractivity contribution in [1.29, 1.82) is 0 Å². The summed E-state index contributed by atoms with van der Waals surface area (Å²) >= 11 is 0. The lowest BCUT2D eigenvalue weighted by atomic mass is 9.99. The monoisotopic (exact) mass is 240 g/mol. The third-order valence-corrected chi connectivity index (χ3v) is 4.98. The molecule has 0 radical (unpaired) electrons. The molecule has 2 rings (SSSR count). The minimum absolute atomic E-state index is 0.00257. The molecule has 0 bridgehead atoms. The Bertz CT molecular complexity index is 240. The summed E-state index contributed by atoms with van der Waals surface area (Å²) in [5, 5.41) is 12.9. The molecule has 3 nitrogen and oxygen atoms in total. The number of likely N-dealkylation sites (tertiary alicyclic amines) is 1. The summed E-state index contributed by atoms with van der Waals surface area (Å²) in [6, 6.07) is 0.694. The summed E-state index contributed by atoms with van der Waals surface area (Å²) in [7, 11) is 1.99. The van der Waals surface area contributed by atoms with E-state index in [1.54, 1.807) is 0 Å². The molecule has 1 heterocycles. The van der Waals surface area contributed by atoms with Gasteiger partial charge in [-0.2, -0.15) is 0 Å². The fraction of sp³-hybridized carbons (Fsp3) is 1.00. The van der Waals surface area contributed by atoms with Crippen LogP contribution >= 0.6 is 0 Å². The Morgan fingerprint density at radius 1 is 1.29 bits per heavy atom. The number of nitrogens with one attached hydrogen (secondary N) is 1. The molecule has 2 aliphatic rings. The second-order valence-corrected chi connectivity index (χ2v) is 6.16. The summed E-state index contributed by atoms with van der Waals surface area (Å²) in [4.78, 5) is 2.68. The molecular formula is C14H28N2O. The van der Waals surface area contributed by atoms with E-state index in [0.29, 0.717) is 6.04 Å². The number of aliphatic hydroxyl groups excluding tert-OH is 1. The topological polar surface area (TPSA) is 35.5 Å². The number of nitrogens with zero attached hydrogens (tertiary/aromatic N) is 1. The van der Waals surface area contributed by atoms with Crippen LogP contribution in [-0.4, -0.2) is 48.3 Å². The van der Waals surface area contributed by atoms with Crippen molar-refractivity contribution < 1.29 is 5.11 Å². The largest absolute Gasteiger partial charge is 0.394 e. The smallest absolute Gasteiger partial charge is 0.0613 e. The van der Waals surface area contributed by atoms with Crippen LogP contribution in [0.15, 0.2) is 0 Å². The molecule has 1 saturated heterocycles. The molecule has 0 aromatic rings. The second kappa shape index (κ2) is 5.68. The average Bonchev–Trinajstić information content (AvgIpc) is 2.67. The Balaban J connectivity index is 1.91. The summed E-state index contributed by atoms with van der Waals surface area (Å²) in [5.41, 5.74) is 0.00257. The summed E-state index contributed by atoms with van der Waals surface area (Å²) in [6.07, 6.45) is 7.58. The summed E-state index contributed by atoms with van der Waals surface area (Å²) in [6.45, 7) is 5.19. The van der Waals surface area contributed by atoms with Crippen LogP contribution in [0.1, 0.15) is 45.4 Å². The lowest BCUT2D eigenvalue weighted by Crippen LogP contribution is -2.46. The standard InChI is InChI=1S/C14H28N2O/c1-12-4-3-8-16(9-6-12)13-5-7-14(10-13,11-17)15-2/h12-13,15,17H,3-11H2,1-2H3. The zero-order chi connectivity index (χ0) is 12.3. The van der Waals surface area contributed by atoms with Crippen LogP contribution in [0.25, 0.3) is 0 Å². The van der Waals surface area contributed by atoms with Crippen LogP contribution in [-0.2, 0) is 0 Å². The van der Waals surface area contributed by atoms with Crippen LogP contribution in [0.4, 0.5) is 0 Å². The molecule has 100 valence electrons.